The van der Waals surface area contributed by atoms with Crippen molar-refractivity contribution in [3.8, 4) is 0 Å². The van der Waals surface area contributed by atoms with Crippen molar-refractivity contribution < 1.29 is 0 Å². The quantitative estimate of drug-likeness (QED) is 0.719. The minimum Gasteiger partial charge on any atom is -0.398 e. The van der Waals surface area contributed by atoms with E-state index in [1.54, 1.807) is 16.8 Å². The average Bonchev–Trinajstić information content (AvgIpc) is 2.16. The topological polar surface area (TPSA) is 73.8 Å². The number of anilines is 1. The van der Waals surface area contributed by atoms with Gasteiger partial charge in [0.2, 0.25) is 0 Å². The summed E-state index contributed by atoms with van der Waals surface area (Å²) in [6.45, 7) is 5.82. The molecule has 16 heavy (non-hydrogen) atoms. The molecule has 0 saturated carbocycles. The molecule has 2 N–H and O–H groups in total. The van der Waals surface area contributed by atoms with E-state index in [9.17, 15) is 4.79 Å². The molecule has 0 amide bonds. The Morgan fingerprint density at radius 3 is 2.62 bits per heavy atom. The maximum Gasteiger partial charge on any atom is 0.265 e. The first-order valence-corrected chi connectivity index (χ1v) is 5.03. The smallest absolute Gasteiger partial charge is 0.265 e. The van der Waals surface area contributed by atoms with Gasteiger partial charge in [0, 0.05) is 17.4 Å². The molecule has 0 atom stereocenters. The SMILES string of the molecule is CC(C)(C)n1cnc2nccc(N)c2c1=O. The highest BCUT2D eigenvalue weighted by Crippen LogP contribution is 2.15. The molecule has 0 saturated heterocycles. The number of hydrogen-bond acceptors (Lipinski definition) is 4. The van der Waals surface area contributed by atoms with Crippen LogP contribution in [0, 0.1) is 0 Å². The Labute approximate surface area is 92.9 Å². The molecule has 2 aromatic rings. The first-order valence-electron chi connectivity index (χ1n) is 5.03. The van der Waals surface area contributed by atoms with Crippen LogP contribution in [-0.4, -0.2) is 14.5 Å². The molecular weight excluding hydrogens is 204 g/mol. The Morgan fingerprint density at radius 1 is 1.31 bits per heavy atom. The third kappa shape index (κ3) is 1.54. The largest absolute Gasteiger partial charge is 0.398 e. The molecule has 2 rings (SSSR count). The lowest BCUT2D eigenvalue weighted by Gasteiger charge is -2.21. The van der Waals surface area contributed by atoms with Crippen LogP contribution in [0.3, 0.4) is 0 Å². The fraction of sp³-hybridized carbons (Fsp3) is 0.364. The van der Waals surface area contributed by atoms with Crippen molar-refractivity contribution in [1.82, 2.24) is 14.5 Å². The predicted octanol–water partition coefficient (Wildman–Crippen LogP) is 1.13. The van der Waals surface area contributed by atoms with Gasteiger partial charge in [0.15, 0.2) is 5.65 Å². The highest BCUT2D eigenvalue weighted by Gasteiger charge is 2.17. The van der Waals surface area contributed by atoms with E-state index in [2.05, 4.69) is 9.97 Å². The van der Waals surface area contributed by atoms with E-state index in [1.165, 1.54) is 6.33 Å². The van der Waals surface area contributed by atoms with Crippen LogP contribution in [0.5, 0.6) is 0 Å². The van der Waals surface area contributed by atoms with Crippen molar-refractivity contribution in [1.29, 1.82) is 0 Å². The van der Waals surface area contributed by atoms with E-state index in [1.807, 2.05) is 20.8 Å². The van der Waals surface area contributed by atoms with Crippen molar-refractivity contribution in [3.05, 3.63) is 28.9 Å². The van der Waals surface area contributed by atoms with Crippen LogP contribution in [0.1, 0.15) is 20.8 Å². The minimum absolute atomic E-state index is 0.150. The standard InChI is InChI=1S/C11H14N4O/c1-11(2,3)15-6-14-9-8(10(15)16)7(12)4-5-13-9/h4-6H,1-3H3,(H2,12,13). The Hall–Kier alpha value is -1.91. The zero-order chi connectivity index (χ0) is 11.9. The van der Waals surface area contributed by atoms with E-state index in [-0.39, 0.29) is 11.1 Å². The number of rotatable bonds is 0. The molecule has 0 aliphatic carbocycles. The molecule has 2 aromatic heterocycles. The van der Waals surface area contributed by atoms with Crippen molar-refractivity contribution in [2.24, 2.45) is 0 Å². The monoisotopic (exact) mass is 218 g/mol. The summed E-state index contributed by atoms with van der Waals surface area (Å²) in [6.07, 6.45) is 3.06. The molecule has 0 aromatic carbocycles. The van der Waals surface area contributed by atoms with Gasteiger partial charge < -0.3 is 5.73 Å². The number of nitrogens with two attached hydrogens (primary N) is 1. The summed E-state index contributed by atoms with van der Waals surface area (Å²) in [7, 11) is 0. The van der Waals surface area contributed by atoms with E-state index >= 15 is 0 Å². The van der Waals surface area contributed by atoms with Crippen LogP contribution < -0.4 is 11.3 Å². The van der Waals surface area contributed by atoms with Crippen molar-refractivity contribution in [2.75, 3.05) is 5.73 Å². The Kier molecular flexibility index (Phi) is 2.18. The van der Waals surface area contributed by atoms with E-state index in [0.29, 0.717) is 16.7 Å². The van der Waals surface area contributed by atoms with Crippen molar-refractivity contribution >= 4 is 16.7 Å². The number of aromatic nitrogens is 3. The lowest BCUT2D eigenvalue weighted by Crippen LogP contribution is -2.34. The lowest BCUT2D eigenvalue weighted by molar-refractivity contribution is 0.381. The Bertz CT molecular complexity index is 595. The van der Waals surface area contributed by atoms with Gasteiger partial charge in [-0.1, -0.05) is 0 Å². The second-order valence-electron chi connectivity index (χ2n) is 4.69. The van der Waals surface area contributed by atoms with Crippen LogP contribution in [-0.2, 0) is 5.54 Å². The van der Waals surface area contributed by atoms with Gasteiger partial charge in [0.05, 0.1) is 0 Å². The lowest BCUT2D eigenvalue weighted by atomic mass is 10.1. The number of nitrogen functional groups attached to an aromatic ring is 1. The van der Waals surface area contributed by atoms with E-state index in [0.717, 1.165) is 0 Å². The summed E-state index contributed by atoms with van der Waals surface area (Å²) in [4.78, 5) is 20.4. The molecule has 0 aliphatic heterocycles. The van der Waals surface area contributed by atoms with Gasteiger partial charge >= 0.3 is 0 Å². The molecule has 0 fully saturated rings. The summed E-state index contributed by atoms with van der Waals surface area (Å²) in [5.74, 6) is 0. The normalized spacial score (nSPS) is 11.9. The molecule has 0 unspecified atom stereocenters. The zero-order valence-corrected chi connectivity index (χ0v) is 9.56. The summed E-state index contributed by atoms with van der Waals surface area (Å²) < 4.78 is 1.56. The number of hydrogen-bond donors (Lipinski definition) is 1. The third-order valence-corrected chi connectivity index (χ3v) is 2.41. The molecule has 5 nitrogen and oxygen atoms in total. The van der Waals surface area contributed by atoms with Crippen LogP contribution in [0.25, 0.3) is 11.0 Å². The second kappa shape index (κ2) is 3.30. The summed E-state index contributed by atoms with van der Waals surface area (Å²) in [5.41, 5.74) is 6.12. The zero-order valence-electron chi connectivity index (χ0n) is 9.56. The fourth-order valence-corrected chi connectivity index (χ4v) is 1.55. The fourth-order valence-electron chi connectivity index (χ4n) is 1.55. The van der Waals surface area contributed by atoms with Gasteiger partial charge in [-0.2, -0.15) is 0 Å². The van der Waals surface area contributed by atoms with E-state index < -0.39 is 0 Å². The van der Waals surface area contributed by atoms with Gasteiger partial charge in [-0.25, -0.2) is 9.97 Å². The molecule has 0 radical (unpaired) electrons. The first-order chi connectivity index (χ1) is 7.41. The predicted molar refractivity (Wildman–Crippen MR) is 63.2 cm³/mol. The van der Waals surface area contributed by atoms with Gasteiger partial charge in [0.25, 0.3) is 5.56 Å². The van der Waals surface area contributed by atoms with Crippen LogP contribution in [0.4, 0.5) is 5.69 Å². The summed E-state index contributed by atoms with van der Waals surface area (Å²) >= 11 is 0. The van der Waals surface area contributed by atoms with E-state index in [4.69, 9.17) is 5.73 Å². The average molecular weight is 218 g/mol. The third-order valence-electron chi connectivity index (χ3n) is 2.41. The highest BCUT2D eigenvalue weighted by molar-refractivity contribution is 5.86. The maximum atomic E-state index is 12.2. The highest BCUT2D eigenvalue weighted by atomic mass is 16.1. The maximum absolute atomic E-state index is 12.2. The minimum atomic E-state index is -0.319. The van der Waals surface area contributed by atoms with Gasteiger partial charge in [-0.05, 0) is 26.8 Å². The number of pyridine rings is 1. The Morgan fingerprint density at radius 2 is 2.00 bits per heavy atom. The van der Waals surface area contributed by atoms with Gasteiger partial charge in [0.1, 0.15) is 11.7 Å². The van der Waals surface area contributed by atoms with Gasteiger partial charge in [-0.3, -0.25) is 9.36 Å². The van der Waals surface area contributed by atoms with Crippen LogP contribution in [0.2, 0.25) is 0 Å². The molecule has 0 bridgehead atoms. The molecule has 2 heterocycles. The van der Waals surface area contributed by atoms with Crippen molar-refractivity contribution in [2.45, 2.75) is 26.3 Å². The molecular formula is C11H14N4O. The van der Waals surface area contributed by atoms with Crippen molar-refractivity contribution in [3.63, 3.8) is 0 Å². The van der Waals surface area contributed by atoms with Crippen LogP contribution >= 0.6 is 0 Å². The van der Waals surface area contributed by atoms with Gasteiger partial charge in [-0.15, -0.1) is 0 Å². The Balaban J connectivity index is 2.90. The molecule has 5 heteroatoms. The summed E-state index contributed by atoms with van der Waals surface area (Å²) in [6, 6.07) is 1.61. The summed E-state index contributed by atoms with van der Waals surface area (Å²) in [5, 5.41) is 0.389. The second-order valence-corrected chi connectivity index (χ2v) is 4.69. The molecule has 0 spiro atoms. The molecule has 84 valence electrons. The number of nitrogens with zero attached hydrogens (tertiary/aromatic N) is 3. The number of fused-ring (bicyclic) bond motifs is 1. The molecule has 0 aliphatic rings. The first kappa shape index (κ1) is 10.6. The van der Waals surface area contributed by atoms with Crippen LogP contribution in [0.15, 0.2) is 23.4 Å².